The van der Waals surface area contributed by atoms with Gasteiger partial charge in [0.1, 0.15) is 34.8 Å². The second-order valence-corrected chi connectivity index (χ2v) is 10.1. The number of esters is 1. The number of methoxy groups -OCH3 is 1. The minimum absolute atomic E-state index is 0.0160. The monoisotopic (exact) mass is 591 g/mol. The van der Waals surface area contributed by atoms with Gasteiger partial charge in [-0.15, -0.1) is 0 Å². The van der Waals surface area contributed by atoms with Crippen molar-refractivity contribution in [1.29, 1.82) is 0 Å². The van der Waals surface area contributed by atoms with E-state index >= 15 is 0 Å². The summed E-state index contributed by atoms with van der Waals surface area (Å²) < 4.78 is 16.6. The van der Waals surface area contributed by atoms with Gasteiger partial charge in [-0.3, -0.25) is 14.4 Å². The van der Waals surface area contributed by atoms with Crippen molar-refractivity contribution in [2.24, 2.45) is 0 Å². The fraction of sp³-hybridized carbons (Fsp3) is 0.258. The van der Waals surface area contributed by atoms with Gasteiger partial charge in [0.15, 0.2) is 17.3 Å². The van der Waals surface area contributed by atoms with Crippen molar-refractivity contribution in [2.75, 3.05) is 26.8 Å². The van der Waals surface area contributed by atoms with Crippen LogP contribution in [0.4, 0.5) is 0 Å². The lowest BCUT2D eigenvalue weighted by Crippen LogP contribution is -2.29. The predicted molar refractivity (Wildman–Crippen MR) is 152 cm³/mol. The number of hydrogen-bond acceptors (Lipinski definition) is 11. The van der Waals surface area contributed by atoms with Crippen LogP contribution in [0.5, 0.6) is 34.5 Å². The highest BCUT2D eigenvalue weighted by Crippen LogP contribution is 2.45. The minimum atomic E-state index is -1.03. The van der Waals surface area contributed by atoms with Crippen molar-refractivity contribution in [1.82, 2.24) is 4.90 Å². The van der Waals surface area contributed by atoms with Gasteiger partial charge in [-0.1, -0.05) is 12.1 Å². The number of carbonyl (C=O) groups is 2. The predicted octanol–water partition coefficient (Wildman–Crippen LogP) is 3.68. The summed E-state index contributed by atoms with van der Waals surface area (Å²) in [5, 5.41) is 51.5. The lowest BCUT2D eigenvalue weighted by Gasteiger charge is -2.21. The Hall–Kier alpha value is -5.39. The van der Waals surface area contributed by atoms with Gasteiger partial charge >= 0.3 is 5.97 Å². The van der Waals surface area contributed by atoms with E-state index in [1.165, 1.54) is 13.2 Å². The van der Waals surface area contributed by atoms with Crippen LogP contribution in [-0.4, -0.2) is 69.1 Å². The number of hydrogen-bond donors (Lipinski definition) is 5. The van der Waals surface area contributed by atoms with Crippen LogP contribution in [0.3, 0.4) is 0 Å². The molecule has 5 rings (SSSR count). The SMILES string of the molecule is COC(=O)CC(c1ccc(OCCN2CCCC2=O)cc1)c1c(O)cc(O)c2c(=O)c(O)c(-c3ccc(O)c(O)c3)oc12. The third-order valence-electron chi connectivity index (χ3n) is 7.41. The van der Waals surface area contributed by atoms with Gasteiger partial charge in [0.25, 0.3) is 0 Å². The molecule has 12 heteroatoms. The summed E-state index contributed by atoms with van der Waals surface area (Å²) in [6.45, 7) is 1.43. The number of phenols is 4. The molecule has 0 aliphatic carbocycles. The first-order chi connectivity index (χ1) is 20.6. The average Bonchev–Trinajstić information content (AvgIpc) is 3.40. The minimum Gasteiger partial charge on any atom is -0.507 e. The topological polar surface area (TPSA) is 187 Å². The fourth-order valence-corrected chi connectivity index (χ4v) is 5.19. The molecule has 3 aromatic carbocycles. The number of ether oxygens (including phenoxy) is 2. The maximum atomic E-state index is 13.3. The Morgan fingerprint density at radius 1 is 0.953 bits per heavy atom. The van der Waals surface area contributed by atoms with E-state index in [2.05, 4.69) is 0 Å². The van der Waals surface area contributed by atoms with Gasteiger partial charge in [0.05, 0.1) is 20.1 Å². The van der Waals surface area contributed by atoms with E-state index in [0.717, 1.165) is 24.6 Å². The lowest BCUT2D eigenvalue weighted by molar-refractivity contribution is -0.140. The van der Waals surface area contributed by atoms with Gasteiger partial charge < -0.3 is 44.3 Å². The quantitative estimate of drug-likeness (QED) is 0.141. The summed E-state index contributed by atoms with van der Waals surface area (Å²) in [6, 6.07) is 11.0. The Balaban J connectivity index is 1.58. The van der Waals surface area contributed by atoms with E-state index in [0.29, 0.717) is 30.8 Å². The molecule has 0 saturated carbocycles. The highest BCUT2D eigenvalue weighted by atomic mass is 16.5. The normalized spacial score (nSPS) is 13.8. The number of likely N-dealkylation sites (tertiary alicyclic amines) is 1. The van der Waals surface area contributed by atoms with E-state index in [1.54, 1.807) is 29.2 Å². The average molecular weight is 592 g/mol. The van der Waals surface area contributed by atoms with Gasteiger partial charge in [-0.05, 0) is 42.3 Å². The molecule has 0 radical (unpaired) electrons. The van der Waals surface area contributed by atoms with E-state index < -0.39 is 57.2 Å². The van der Waals surface area contributed by atoms with Gasteiger partial charge in [0, 0.05) is 36.1 Å². The number of rotatable bonds is 9. The van der Waals surface area contributed by atoms with Gasteiger partial charge in [-0.25, -0.2) is 0 Å². The summed E-state index contributed by atoms with van der Waals surface area (Å²) in [6.07, 6.45) is 1.06. The summed E-state index contributed by atoms with van der Waals surface area (Å²) in [5.74, 6) is -4.46. The molecule has 1 amide bonds. The third kappa shape index (κ3) is 5.71. The Morgan fingerprint density at radius 3 is 2.35 bits per heavy atom. The fourth-order valence-electron chi connectivity index (χ4n) is 5.19. The number of phenolic OH excluding ortho intramolecular Hbond substituents is 4. The molecule has 5 N–H and O–H groups in total. The molecule has 1 atom stereocenters. The second-order valence-electron chi connectivity index (χ2n) is 10.1. The molecule has 43 heavy (non-hydrogen) atoms. The van der Waals surface area contributed by atoms with Crippen LogP contribution in [0.1, 0.15) is 36.3 Å². The highest BCUT2D eigenvalue weighted by molar-refractivity contribution is 5.92. The third-order valence-corrected chi connectivity index (χ3v) is 7.41. The van der Waals surface area contributed by atoms with E-state index in [9.17, 15) is 39.9 Å². The number of amides is 1. The lowest BCUT2D eigenvalue weighted by atomic mass is 9.86. The number of benzene rings is 3. The van der Waals surface area contributed by atoms with Crippen molar-refractivity contribution >= 4 is 22.8 Å². The standard InChI is InChI=1S/C31H29NO11/c1-41-25(38)14-19(16-4-7-18(8-5-16)42-12-11-32-10-2-3-24(32)37)26-22(35)15-23(36)27-28(39)29(40)30(43-31(26)27)17-6-9-20(33)21(34)13-17/h4-9,13,15,19,33-36,40H,2-3,10-12,14H2,1H3. The number of aromatic hydroxyl groups is 5. The first-order valence-corrected chi connectivity index (χ1v) is 13.4. The van der Waals surface area contributed by atoms with E-state index in [-0.39, 0.29) is 35.6 Å². The Morgan fingerprint density at radius 2 is 1.70 bits per heavy atom. The molecule has 1 aliphatic rings. The van der Waals surface area contributed by atoms with Crippen LogP contribution in [0.15, 0.2) is 57.7 Å². The molecule has 4 aromatic rings. The molecule has 1 saturated heterocycles. The van der Waals surface area contributed by atoms with Crippen LogP contribution in [0, 0.1) is 0 Å². The summed E-state index contributed by atoms with van der Waals surface area (Å²) >= 11 is 0. The zero-order chi connectivity index (χ0) is 30.8. The second kappa shape index (κ2) is 11.8. The van der Waals surface area contributed by atoms with Crippen LogP contribution >= 0.6 is 0 Å². The summed E-state index contributed by atoms with van der Waals surface area (Å²) in [5.41, 5.74) is -0.871. The first-order valence-electron chi connectivity index (χ1n) is 13.4. The van der Waals surface area contributed by atoms with Crippen molar-refractivity contribution in [3.05, 3.63) is 69.9 Å². The molecule has 1 aliphatic heterocycles. The molecular weight excluding hydrogens is 562 g/mol. The zero-order valence-corrected chi connectivity index (χ0v) is 23.1. The molecule has 1 unspecified atom stereocenters. The Labute approximate surface area is 244 Å². The van der Waals surface area contributed by atoms with Crippen LogP contribution in [0.2, 0.25) is 0 Å². The van der Waals surface area contributed by atoms with Crippen LogP contribution in [0.25, 0.3) is 22.3 Å². The van der Waals surface area contributed by atoms with Gasteiger partial charge in [-0.2, -0.15) is 0 Å². The van der Waals surface area contributed by atoms with Crippen molar-refractivity contribution in [2.45, 2.75) is 25.2 Å². The van der Waals surface area contributed by atoms with E-state index in [1.807, 2.05) is 0 Å². The Bertz CT molecular complexity index is 1760. The van der Waals surface area contributed by atoms with Crippen molar-refractivity contribution < 1.29 is 49.0 Å². The van der Waals surface area contributed by atoms with Crippen molar-refractivity contribution in [3.63, 3.8) is 0 Å². The maximum absolute atomic E-state index is 13.3. The largest absolute Gasteiger partial charge is 0.507 e. The molecule has 2 heterocycles. The number of fused-ring (bicyclic) bond motifs is 1. The summed E-state index contributed by atoms with van der Waals surface area (Å²) in [4.78, 5) is 39.4. The molecular formula is C31H29NO11. The molecule has 0 spiro atoms. The molecule has 1 fully saturated rings. The van der Waals surface area contributed by atoms with Crippen LogP contribution < -0.4 is 10.2 Å². The molecule has 1 aromatic heterocycles. The van der Waals surface area contributed by atoms with Crippen molar-refractivity contribution in [3.8, 4) is 45.8 Å². The first kappa shape index (κ1) is 29.1. The Kier molecular flexibility index (Phi) is 8.02. The highest BCUT2D eigenvalue weighted by Gasteiger charge is 2.30. The zero-order valence-electron chi connectivity index (χ0n) is 23.1. The molecule has 0 bridgehead atoms. The van der Waals surface area contributed by atoms with Gasteiger partial charge in [0.2, 0.25) is 17.1 Å². The van der Waals surface area contributed by atoms with Crippen LogP contribution in [-0.2, 0) is 14.3 Å². The molecule has 224 valence electrons. The maximum Gasteiger partial charge on any atom is 0.306 e. The summed E-state index contributed by atoms with van der Waals surface area (Å²) in [7, 11) is 1.20. The smallest absolute Gasteiger partial charge is 0.306 e. The number of nitrogens with zero attached hydrogens (tertiary/aromatic N) is 1. The number of carbonyl (C=O) groups excluding carboxylic acids is 2. The molecule has 12 nitrogen and oxygen atoms in total. The van der Waals surface area contributed by atoms with E-state index in [4.69, 9.17) is 13.9 Å².